The lowest BCUT2D eigenvalue weighted by Crippen LogP contribution is -2.29. The van der Waals surface area contributed by atoms with Crippen molar-refractivity contribution in [2.24, 2.45) is 0 Å². The summed E-state index contributed by atoms with van der Waals surface area (Å²) in [6.07, 6.45) is 2.79. The van der Waals surface area contributed by atoms with E-state index in [1.807, 2.05) is 23.1 Å². The Morgan fingerprint density at radius 1 is 1.06 bits per heavy atom. The first kappa shape index (κ1) is 23.4. The van der Waals surface area contributed by atoms with Gasteiger partial charge in [-0.3, -0.25) is 4.98 Å². The smallest absolute Gasteiger partial charge is 0.174 e. The number of aryl methyl sites for hydroxylation is 2. The summed E-state index contributed by atoms with van der Waals surface area (Å²) in [5.74, 6) is 0.120. The zero-order valence-electron chi connectivity index (χ0n) is 19.9. The van der Waals surface area contributed by atoms with Gasteiger partial charge in [0.05, 0.1) is 23.5 Å². The Morgan fingerprint density at radius 2 is 1.83 bits per heavy atom. The molecule has 0 amide bonds. The van der Waals surface area contributed by atoms with Crippen LogP contribution < -0.4 is 10.2 Å². The molecule has 178 valence electrons. The van der Waals surface area contributed by atoms with E-state index >= 15 is 0 Å². The first-order chi connectivity index (χ1) is 16.9. The average Bonchev–Trinajstić information content (AvgIpc) is 3.36. The summed E-state index contributed by atoms with van der Waals surface area (Å²) in [7, 11) is 0. The van der Waals surface area contributed by atoms with Gasteiger partial charge in [-0.25, -0.2) is 0 Å². The van der Waals surface area contributed by atoms with Crippen LogP contribution in [0.15, 0.2) is 72.9 Å². The molecule has 0 bridgehead atoms. The largest absolute Gasteiger partial charge is 0.506 e. The number of benzene rings is 2. The Morgan fingerprint density at radius 3 is 2.51 bits per heavy atom. The van der Waals surface area contributed by atoms with Gasteiger partial charge in [0.25, 0.3) is 0 Å². The standard InChI is InChI=1S/C28H27ClN4OS/c1-4-19-8-11-21(12-9-19)32-17(2)15-22(18(32)3)27-26(23-7-5-6-14-30-23)31-28(35)33(27)24-16-20(29)10-13-25(24)34/h5-16,26-27,34H,4H2,1-3H3,(H,31,35)/t26-,27-/m1/s1. The minimum absolute atomic E-state index is 0.120. The summed E-state index contributed by atoms with van der Waals surface area (Å²) in [5, 5.41) is 15.3. The second-order valence-corrected chi connectivity index (χ2v) is 9.63. The lowest BCUT2D eigenvalue weighted by Gasteiger charge is -2.28. The number of nitrogens with one attached hydrogen (secondary N) is 1. The number of pyridine rings is 1. The van der Waals surface area contributed by atoms with Crippen LogP contribution in [0.3, 0.4) is 0 Å². The zero-order valence-corrected chi connectivity index (χ0v) is 21.4. The van der Waals surface area contributed by atoms with Gasteiger partial charge in [0.1, 0.15) is 5.75 Å². The van der Waals surface area contributed by atoms with Gasteiger partial charge in [-0.15, -0.1) is 0 Å². The van der Waals surface area contributed by atoms with E-state index in [0.717, 1.165) is 34.8 Å². The molecule has 1 saturated heterocycles. The molecule has 4 aromatic rings. The number of thiocarbonyl (C=S) groups is 1. The molecule has 2 N–H and O–H groups in total. The molecule has 2 atom stereocenters. The predicted molar refractivity (Wildman–Crippen MR) is 146 cm³/mol. The van der Waals surface area contributed by atoms with Crippen molar-refractivity contribution in [2.45, 2.75) is 39.3 Å². The fourth-order valence-corrected chi connectivity index (χ4v) is 5.49. The number of phenols is 1. The van der Waals surface area contributed by atoms with Gasteiger partial charge < -0.3 is 19.9 Å². The third-order valence-electron chi connectivity index (χ3n) is 6.69. The third kappa shape index (κ3) is 4.17. The molecular formula is C28H27ClN4OS. The van der Waals surface area contributed by atoms with Crippen molar-refractivity contribution in [3.63, 3.8) is 0 Å². The molecule has 1 aliphatic rings. The van der Waals surface area contributed by atoms with Crippen LogP contribution in [0.1, 0.15) is 47.2 Å². The Balaban J connectivity index is 1.68. The van der Waals surface area contributed by atoms with Crippen LogP contribution in [0.25, 0.3) is 5.69 Å². The number of rotatable bonds is 5. The van der Waals surface area contributed by atoms with E-state index in [2.05, 4.69) is 66.0 Å². The first-order valence-electron chi connectivity index (χ1n) is 11.7. The highest BCUT2D eigenvalue weighted by Crippen LogP contribution is 2.46. The molecule has 7 heteroatoms. The molecule has 2 aromatic carbocycles. The lowest BCUT2D eigenvalue weighted by molar-refractivity contribution is 0.472. The van der Waals surface area contributed by atoms with E-state index in [1.54, 1.807) is 24.4 Å². The lowest BCUT2D eigenvalue weighted by atomic mass is 9.96. The summed E-state index contributed by atoms with van der Waals surface area (Å²) in [6.45, 7) is 6.40. The Kier molecular flexibility index (Phi) is 6.26. The summed E-state index contributed by atoms with van der Waals surface area (Å²) in [4.78, 5) is 6.59. The van der Waals surface area contributed by atoms with Crippen molar-refractivity contribution in [3.8, 4) is 11.4 Å². The van der Waals surface area contributed by atoms with Gasteiger partial charge >= 0.3 is 0 Å². The molecule has 1 aliphatic heterocycles. The SMILES string of the molecule is CCc1ccc(-n2c(C)cc([C@@H]3[C@@H](c4ccccn4)NC(=S)N3c3cc(Cl)ccc3O)c2C)cc1. The highest BCUT2D eigenvalue weighted by atomic mass is 35.5. The number of aromatic nitrogens is 2. The van der Waals surface area contributed by atoms with Crippen molar-refractivity contribution >= 4 is 34.6 Å². The molecule has 0 spiro atoms. The second kappa shape index (κ2) is 9.36. The maximum atomic E-state index is 10.8. The quantitative estimate of drug-likeness (QED) is 0.301. The number of hydrogen-bond acceptors (Lipinski definition) is 3. The van der Waals surface area contributed by atoms with Crippen LogP contribution in [-0.4, -0.2) is 19.8 Å². The van der Waals surface area contributed by atoms with Crippen molar-refractivity contribution in [1.29, 1.82) is 0 Å². The number of halogens is 1. The van der Waals surface area contributed by atoms with Gasteiger partial charge in [-0.2, -0.15) is 0 Å². The first-order valence-corrected chi connectivity index (χ1v) is 12.4. The summed E-state index contributed by atoms with van der Waals surface area (Å²) < 4.78 is 2.27. The second-order valence-electron chi connectivity index (χ2n) is 8.81. The Hall–Kier alpha value is -3.35. The highest BCUT2D eigenvalue weighted by molar-refractivity contribution is 7.80. The van der Waals surface area contributed by atoms with Crippen molar-refractivity contribution in [1.82, 2.24) is 14.9 Å². The van der Waals surface area contributed by atoms with Gasteiger partial charge in [-0.05, 0) is 92.1 Å². The fraction of sp³-hybridized carbons (Fsp3) is 0.214. The number of aromatic hydroxyl groups is 1. The predicted octanol–water partition coefficient (Wildman–Crippen LogP) is 6.59. The molecule has 5 nitrogen and oxygen atoms in total. The van der Waals surface area contributed by atoms with Gasteiger partial charge in [0.2, 0.25) is 0 Å². The minimum Gasteiger partial charge on any atom is -0.506 e. The van der Waals surface area contributed by atoms with E-state index < -0.39 is 0 Å². The summed E-state index contributed by atoms with van der Waals surface area (Å²) >= 11 is 12.1. The van der Waals surface area contributed by atoms with Crippen molar-refractivity contribution in [3.05, 3.63) is 106 Å². The van der Waals surface area contributed by atoms with Gasteiger partial charge in [-0.1, -0.05) is 36.7 Å². The van der Waals surface area contributed by atoms with Crippen LogP contribution in [0.4, 0.5) is 5.69 Å². The molecule has 3 heterocycles. The van der Waals surface area contributed by atoms with Crippen LogP contribution >= 0.6 is 23.8 Å². The number of hydrogen-bond donors (Lipinski definition) is 2. The van der Waals surface area contributed by atoms with E-state index in [-0.39, 0.29) is 17.8 Å². The third-order valence-corrected chi connectivity index (χ3v) is 7.24. The maximum absolute atomic E-state index is 10.8. The van der Waals surface area contributed by atoms with Crippen molar-refractivity contribution in [2.75, 3.05) is 4.90 Å². The van der Waals surface area contributed by atoms with Crippen molar-refractivity contribution < 1.29 is 5.11 Å². The molecule has 0 radical (unpaired) electrons. The number of anilines is 1. The van der Waals surface area contributed by atoms with Crippen LogP contribution in [0, 0.1) is 13.8 Å². The monoisotopic (exact) mass is 502 g/mol. The van der Waals surface area contributed by atoms with E-state index in [4.69, 9.17) is 23.8 Å². The maximum Gasteiger partial charge on any atom is 0.174 e. The van der Waals surface area contributed by atoms with E-state index in [1.165, 1.54) is 5.56 Å². The molecule has 35 heavy (non-hydrogen) atoms. The highest BCUT2D eigenvalue weighted by Gasteiger charge is 2.43. The molecule has 5 rings (SSSR count). The molecule has 2 aromatic heterocycles. The minimum atomic E-state index is -0.239. The normalized spacial score (nSPS) is 17.6. The number of phenolic OH excluding ortho intramolecular Hbond substituents is 1. The Bertz CT molecular complexity index is 1380. The molecule has 0 saturated carbocycles. The summed E-state index contributed by atoms with van der Waals surface area (Å²) in [5.41, 5.74) is 7.19. The van der Waals surface area contributed by atoms with Gasteiger partial charge in [0, 0.05) is 28.3 Å². The molecular weight excluding hydrogens is 476 g/mol. The molecule has 1 fully saturated rings. The Labute approximate surface area is 216 Å². The fourth-order valence-electron chi connectivity index (χ4n) is 4.99. The van der Waals surface area contributed by atoms with Crippen LogP contribution in [0.2, 0.25) is 5.02 Å². The average molecular weight is 503 g/mol. The van der Waals surface area contributed by atoms with E-state index in [0.29, 0.717) is 15.8 Å². The van der Waals surface area contributed by atoms with Crippen LogP contribution in [0.5, 0.6) is 5.75 Å². The molecule has 0 aliphatic carbocycles. The molecule has 0 unspecified atom stereocenters. The zero-order chi connectivity index (χ0) is 24.7. The summed E-state index contributed by atoms with van der Waals surface area (Å²) in [6, 6.07) is 21.3. The number of nitrogens with zero attached hydrogens (tertiary/aromatic N) is 3. The van der Waals surface area contributed by atoms with Gasteiger partial charge in [0.15, 0.2) is 5.11 Å². The van der Waals surface area contributed by atoms with E-state index in [9.17, 15) is 5.11 Å². The topological polar surface area (TPSA) is 53.3 Å². The van der Waals surface area contributed by atoms with Crippen LogP contribution in [-0.2, 0) is 6.42 Å².